The van der Waals surface area contributed by atoms with Gasteiger partial charge in [-0.15, -0.1) is 0 Å². The van der Waals surface area contributed by atoms with E-state index in [-0.39, 0.29) is 5.28 Å². The van der Waals surface area contributed by atoms with E-state index in [1.54, 1.807) is 6.20 Å². The third kappa shape index (κ3) is 1.88. The molecule has 76 valence electrons. The van der Waals surface area contributed by atoms with Crippen molar-refractivity contribution in [2.45, 2.75) is 0 Å². The minimum atomic E-state index is 0.180. The van der Waals surface area contributed by atoms with Gasteiger partial charge in [0.25, 0.3) is 0 Å². The van der Waals surface area contributed by atoms with Crippen LogP contribution in [0.3, 0.4) is 0 Å². The van der Waals surface area contributed by atoms with E-state index in [1.807, 2.05) is 0 Å². The van der Waals surface area contributed by atoms with Crippen molar-refractivity contribution in [3.05, 3.63) is 11.5 Å². The van der Waals surface area contributed by atoms with Crippen LogP contribution in [0.1, 0.15) is 0 Å². The van der Waals surface area contributed by atoms with Crippen LogP contribution in [0.2, 0.25) is 5.28 Å². The first-order valence-electron chi connectivity index (χ1n) is 4.38. The van der Waals surface area contributed by atoms with Crippen molar-refractivity contribution in [1.82, 2.24) is 9.97 Å². The van der Waals surface area contributed by atoms with Gasteiger partial charge in [0.1, 0.15) is 0 Å². The van der Waals surface area contributed by atoms with Crippen molar-refractivity contribution in [3.63, 3.8) is 0 Å². The molecule has 1 saturated heterocycles. The van der Waals surface area contributed by atoms with Crippen LogP contribution in [-0.2, 0) is 4.74 Å². The zero-order chi connectivity index (χ0) is 9.97. The van der Waals surface area contributed by atoms with Crippen LogP contribution in [0.25, 0.3) is 0 Å². The molecule has 0 radical (unpaired) electrons. The summed E-state index contributed by atoms with van der Waals surface area (Å²) in [6.07, 6.45) is 1.65. The van der Waals surface area contributed by atoms with E-state index in [0.29, 0.717) is 19.0 Å². The van der Waals surface area contributed by atoms with Crippen molar-refractivity contribution >= 4 is 23.1 Å². The highest BCUT2D eigenvalue weighted by molar-refractivity contribution is 6.28. The fourth-order valence-corrected chi connectivity index (χ4v) is 1.55. The second-order valence-electron chi connectivity index (χ2n) is 3.01. The molecule has 0 amide bonds. The van der Waals surface area contributed by atoms with Gasteiger partial charge in [-0.1, -0.05) is 0 Å². The van der Waals surface area contributed by atoms with Crippen LogP contribution in [-0.4, -0.2) is 36.3 Å². The van der Waals surface area contributed by atoms with E-state index >= 15 is 0 Å². The topological polar surface area (TPSA) is 64.3 Å². The maximum atomic E-state index is 5.73. The van der Waals surface area contributed by atoms with Crippen molar-refractivity contribution in [2.75, 3.05) is 36.9 Å². The summed E-state index contributed by atoms with van der Waals surface area (Å²) in [5.41, 5.74) is 6.57. The molecule has 1 aromatic rings. The lowest BCUT2D eigenvalue weighted by Crippen LogP contribution is -2.36. The normalized spacial score (nSPS) is 17.1. The zero-order valence-corrected chi connectivity index (χ0v) is 8.37. The van der Waals surface area contributed by atoms with Crippen LogP contribution in [0.4, 0.5) is 11.5 Å². The molecular weight excluding hydrogens is 204 g/mol. The molecule has 0 aromatic carbocycles. The highest BCUT2D eigenvalue weighted by atomic mass is 35.5. The van der Waals surface area contributed by atoms with Gasteiger partial charge in [0.15, 0.2) is 5.82 Å². The number of ether oxygens (including phenoxy) is 1. The second-order valence-corrected chi connectivity index (χ2v) is 3.35. The minimum Gasteiger partial charge on any atom is -0.382 e. The molecule has 5 nitrogen and oxygen atoms in total. The van der Waals surface area contributed by atoms with Gasteiger partial charge in [0.2, 0.25) is 5.28 Å². The van der Waals surface area contributed by atoms with Crippen LogP contribution >= 0.6 is 11.6 Å². The van der Waals surface area contributed by atoms with Gasteiger partial charge in [-0.25, -0.2) is 4.98 Å². The molecule has 1 aliphatic heterocycles. The number of halogens is 1. The zero-order valence-electron chi connectivity index (χ0n) is 7.61. The number of aromatic nitrogens is 2. The average Bonchev–Trinajstić information content (AvgIpc) is 2.19. The molecule has 0 bridgehead atoms. The van der Waals surface area contributed by atoms with Crippen LogP contribution in [0, 0.1) is 0 Å². The highest BCUT2D eigenvalue weighted by Gasteiger charge is 2.14. The first kappa shape index (κ1) is 9.48. The van der Waals surface area contributed by atoms with Gasteiger partial charge in [-0.2, -0.15) is 4.98 Å². The van der Waals surface area contributed by atoms with Gasteiger partial charge < -0.3 is 15.4 Å². The molecule has 2 heterocycles. The fourth-order valence-electron chi connectivity index (χ4n) is 1.41. The molecule has 2 N–H and O–H groups in total. The smallest absolute Gasteiger partial charge is 0.224 e. The van der Waals surface area contributed by atoms with Gasteiger partial charge in [0, 0.05) is 13.1 Å². The van der Waals surface area contributed by atoms with E-state index in [4.69, 9.17) is 22.1 Å². The Morgan fingerprint density at radius 2 is 2.14 bits per heavy atom. The molecule has 0 atom stereocenters. The van der Waals surface area contributed by atoms with Gasteiger partial charge in [-0.3, -0.25) is 0 Å². The van der Waals surface area contributed by atoms with Crippen LogP contribution < -0.4 is 10.6 Å². The van der Waals surface area contributed by atoms with Crippen LogP contribution in [0.5, 0.6) is 0 Å². The SMILES string of the molecule is Nc1nc(Cl)ncc1N1CCOCC1. The maximum Gasteiger partial charge on any atom is 0.224 e. The standard InChI is InChI=1S/C8H11ClN4O/c9-8-11-5-6(7(10)12-8)13-1-3-14-4-2-13/h5H,1-4H2,(H2,10,11,12). The molecule has 1 aromatic heterocycles. The van der Waals surface area contributed by atoms with Gasteiger partial charge >= 0.3 is 0 Å². The summed E-state index contributed by atoms with van der Waals surface area (Å²) in [6.45, 7) is 3.05. The average molecular weight is 215 g/mol. The van der Waals surface area contributed by atoms with Crippen molar-refractivity contribution in [2.24, 2.45) is 0 Å². The highest BCUT2D eigenvalue weighted by Crippen LogP contribution is 2.21. The summed E-state index contributed by atoms with van der Waals surface area (Å²) in [7, 11) is 0. The number of nitrogens with two attached hydrogens (primary N) is 1. The third-order valence-corrected chi connectivity index (χ3v) is 2.30. The van der Waals surface area contributed by atoms with Crippen molar-refractivity contribution < 1.29 is 4.74 Å². The minimum absolute atomic E-state index is 0.180. The van der Waals surface area contributed by atoms with Crippen molar-refractivity contribution in [3.8, 4) is 0 Å². The molecule has 1 fully saturated rings. The fraction of sp³-hybridized carbons (Fsp3) is 0.500. The second kappa shape index (κ2) is 3.98. The Labute approximate surface area is 86.8 Å². The van der Waals surface area contributed by atoms with E-state index in [1.165, 1.54) is 0 Å². The lowest BCUT2D eigenvalue weighted by molar-refractivity contribution is 0.122. The molecule has 0 unspecified atom stereocenters. The molecule has 1 aliphatic rings. The van der Waals surface area contributed by atoms with Gasteiger partial charge in [0.05, 0.1) is 25.1 Å². The molecule has 0 saturated carbocycles. The summed E-state index contributed by atoms with van der Waals surface area (Å²) in [4.78, 5) is 9.90. The van der Waals surface area contributed by atoms with Gasteiger partial charge in [-0.05, 0) is 11.6 Å². The quantitative estimate of drug-likeness (QED) is 0.692. The Kier molecular flexibility index (Phi) is 2.69. The van der Waals surface area contributed by atoms with Crippen molar-refractivity contribution in [1.29, 1.82) is 0 Å². The Hall–Kier alpha value is -1.07. The molecular formula is C8H11ClN4O. The molecule has 2 rings (SSSR count). The van der Waals surface area contributed by atoms with E-state index in [9.17, 15) is 0 Å². The number of anilines is 2. The number of morpholine rings is 1. The Morgan fingerprint density at radius 1 is 1.43 bits per heavy atom. The summed E-state index contributed by atoms with van der Waals surface area (Å²) < 4.78 is 5.24. The Balaban J connectivity index is 2.22. The molecule has 6 heteroatoms. The monoisotopic (exact) mass is 214 g/mol. The first-order chi connectivity index (χ1) is 6.77. The third-order valence-electron chi connectivity index (χ3n) is 2.12. The lowest BCUT2D eigenvalue weighted by atomic mass is 10.3. The number of nitrogens with zero attached hydrogens (tertiary/aromatic N) is 3. The largest absolute Gasteiger partial charge is 0.382 e. The number of hydrogen-bond acceptors (Lipinski definition) is 5. The summed E-state index contributed by atoms with van der Waals surface area (Å²) in [5, 5.41) is 0.180. The number of rotatable bonds is 1. The molecule has 0 aliphatic carbocycles. The Bertz CT molecular complexity index is 327. The molecule has 0 spiro atoms. The Morgan fingerprint density at radius 3 is 2.79 bits per heavy atom. The van der Waals surface area contributed by atoms with Crippen LogP contribution in [0.15, 0.2) is 6.20 Å². The summed E-state index contributed by atoms with van der Waals surface area (Å²) in [6, 6.07) is 0. The summed E-state index contributed by atoms with van der Waals surface area (Å²) >= 11 is 5.61. The lowest BCUT2D eigenvalue weighted by Gasteiger charge is -2.28. The number of nitrogen functional groups attached to an aromatic ring is 1. The molecule has 14 heavy (non-hydrogen) atoms. The van der Waals surface area contributed by atoms with E-state index in [0.717, 1.165) is 18.8 Å². The predicted molar refractivity (Wildman–Crippen MR) is 54.5 cm³/mol. The predicted octanol–water partition coefficient (Wildman–Crippen LogP) is 0.549. The maximum absolute atomic E-state index is 5.73. The number of hydrogen-bond donors (Lipinski definition) is 1. The first-order valence-corrected chi connectivity index (χ1v) is 4.76. The van der Waals surface area contributed by atoms with E-state index < -0.39 is 0 Å². The van der Waals surface area contributed by atoms with E-state index in [2.05, 4.69) is 14.9 Å². The summed E-state index contributed by atoms with van der Waals surface area (Å²) in [5.74, 6) is 0.423.